The van der Waals surface area contributed by atoms with E-state index in [4.69, 9.17) is 20.6 Å². The first kappa shape index (κ1) is 37.1. The molecule has 0 aliphatic rings. The average molecular weight is 664 g/mol. The van der Waals surface area contributed by atoms with Crippen LogP contribution >= 0.6 is 0 Å². The summed E-state index contributed by atoms with van der Waals surface area (Å²) in [4.78, 5) is 68.9. The molecule has 3 unspecified atom stereocenters. The molecule has 1 aromatic heterocycles. The molecular formula is C34H45N7O7. The molecule has 0 spiro atoms. The lowest BCUT2D eigenvalue weighted by atomic mass is 9.99. The van der Waals surface area contributed by atoms with E-state index in [2.05, 4.69) is 26.3 Å². The molecule has 3 rings (SSSR count). The van der Waals surface area contributed by atoms with Crippen LogP contribution in [0, 0.1) is 18.8 Å². The second kappa shape index (κ2) is 17.5. The first-order valence-corrected chi connectivity index (χ1v) is 15.7. The highest BCUT2D eigenvalue weighted by Crippen LogP contribution is 2.21. The summed E-state index contributed by atoms with van der Waals surface area (Å²) in [5, 5.41) is 11.6. The van der Waals surface area contributed by atoms with Gasteiger partial charge in [0.2, 0.25) is 17.7 Å². The van der Waals surface area contributed by atoms with Gasteiger partial charge in [-0.1, -0.05) is 58.0 Å². The number of benzene rings is 2. The van der Waals surface area contributed by atoms with E-state index in [9.17, 15) is 24.0 Å². The van der Waals surface area contributed by atoms with Crippen molar-refractivity contribution >= 4 is 46.4 Å². The lowest BCUT2D eigenvalue weighted by molar-refractivity contribution is -0.133. The zero-order valence-electron chi connectivity index (χ0n) is 27.9. The summed E-state index contributed by atoms with van der Waals surface area (Å²) >= 11 is 0. The first-order chi connectivity index (χ1) is 22.7. The van der Waals surface area contributed by atoms with Gasteiger partial charge in [-0.05, 0) is 54.9 Å². The van der Waals surface area contributed by atoms with Gasteiger partial charge in [0, 0.05) is 29.8 Å². The van der Waals surface area contributed by atoms with Crippen LogP contribution in [0.1, 0.15) is 51.7 Å². The van der Waals surface area contributed by atoms with Crippen molar-refractivity contribution < 1.29 is 28.3 Å². The number of aliphatic imine (C=N–C) groups is 1. The standard InChI is InChI=1S/C34H45N7O7/c1-19(2)28(40-32(45)29(20(3)4)41-34(46)47-18-22-10-7-6-8-11-22)31(44)39-25(12-9-15-37-33(35)36)30(43)38-23-13-14-24-21(5)16-27(42)48-26(24)17-23/h6-8,10-11,13-14,16-17,19-20,25,28-29H,9,12,15,18H2,1-5H3,(H,38,43)(H,39,44)(H,40,45)(H,41,46)(H4,35,36,37). The zero-order chi connectivity index (χ0) is 35.4. The van der Waals surface area contributed by atoms with Gasteiger partial charge >= 0.3 is 11.7 Å². The van der Waals surface area contributed by atoms with Gasteiger partial charge < -0.3 is 41.9 Å². The molecule has 0 aliphatic carbocycles. The SMILES string of the molecule is Cc1cc(=O)oc2cc(NC(=O)C(CCCN=C(N)N)NC(=O)C(NC(=O)C(NC(=O)OCc3ccccc3)C(C)C)C(C)C)ccc12. The van der Waals surface area contributed by atoms with Crippen molar-refractivity contribution in [3.63, 3.8) is 0 Å². The van der Waals surface area contributed by atoms with E-state index in [-0.39, 0.29) is 37.4 Å². The van der Waals surface area contributed by atoms with Crippen molar-refractivity contribution in [3.05, 3.63) is 76.1 Å². The molecule has 14 heteroatoms. The fraction of sp³-hybridized carbons (Fsp3) is 0.412. The van der Waals surface area contributed by atoms with Crippen LogP contribution in [-0.2, 0) is 25.7 Å². The van der Waals surface area contributed by atoms with Crippen LogP contribution < -0.4 is 38.4 Å². The molecule has 3 atom stereocenters. The monoisotopic (exact) mass is 663 g/mol. The number of nitrogens with two attached hydrogens (primary N) is 2. The number of amides is 4. The average Bonchev–Trinajstić information content (AvgIpc) is 3.02. The highest BCUT2D eigenvalue weighted by Gasteiger charge is 2.32. The fourth-order valence-corrected chi connectivity index (χ4v) is 4.87. The van der Waals surface area contributed by atoms with Gasteiger partial charge in [0.15, 0.2) is 5.96 Å². The van der Waals surface area contributed by atoms with Crippen LogP contribution in [0.25, 0.3) is 11.0 Å². The summed E-state index contributed by atoms with van der Waals surface area (Å²) in [6.07, 6.45) is -0.261. The molecule has 1 heterocycles. The van der Waals surface area contributed by atoms with Gasteiger partial charge in [-0.25, -0.2) is 9.59 Å². The number of alkyl carbamates (subject to hydrolysis) is 1. The van der Waals surface area contributed by atoms with Crippen molar-refractivity contribution in [2.75, 3.05) is 11.9 Å². The number of aryl methyl sites for hydroxylation is 1. The quantitative estimate of drug-likeness (QED) is 0.0608. The molecule has 14 nitrogen and oxygen atoms in total. The van der Waals surface area contributed by atoms with Crippen LogP contribution in [0.15, 0.2) is 68.8 Å². The normalized spacial score (nSPS) is 12.9. The maximum absolute atomic E-state index is 13.6. The van der Waals surface area contributed by atoms with E-state index >= 15 is 0 Å². The zero-order valence-corrected chi connectivity index (χ0v) is 27.9. The van der Waals surface area contributed by atoms with E-state index in [1.165, 1.54) is 12.1 Å². The highest BCUT2D eigenvalue weighted by atomic mass is 16.5. The molecule has 0 bridgehead atoms. The molecule has 0 saturated carbocycles. The predicted molar refractivity (Wildman–Crippen MR) is 183 cm³/mol. The van der Waals surface area contributed by atoms with Gasteiger partial charge in [-0.3, -0.25) is 19.4 Å². The molecule has 4 amide bonds. The van der Waals surface area contributed by atoms with Crippen LogP contribution in [0.2, 0.25) is 0 Å². The summed E-state index contributed by atoms with van der Waals surface area (Å²) in [6, 6.07) is 12.3. The van der Waals surface area contributed by atoms with Gasteiger partial charge in [0.25, 0.3) is 0 Å². The maximum atomic E-state index is 13.6. The van der Waals surface area contributed by atoms with Crippen molar-refractivity contribution in [2.24, 2.45) is 28.3 Å². The van der Waals surface area contributed by atoms with E-state index in [1.54, 1.807) is 46.8 Å². The minimum Gasteiger partial charge on any atom is -0.445 e. The summed E-state index contributed by atoms with van der Waals surface area (Å²) in [7, 11) is 0. The topological polar surface area (TPSA) is 220 Å². The molecule has 258 valence electrons. The number of carbonyl (C=O) groups is 4. The third kappa shape index (κ3) is 11.1. The Kier molecular flexibility index (Phi) is 13.5. The molecule has 8 N–H and O–H groups in total. The number of hydrogen-bond acceptors (Lipinski definition) is 8. The van der Waals surface area contributed by atoms with Crippen molar-refractivity contribution in [3.8, 4) is 0 Å². The Balaban J connectivity index is 1.73. The molecule has 2 aromatic carbocycles. The van der Waals surface area contributed by atoms with E-state index in [0.717, 1.165) is 11.1 Å². The number of guanidine groups is 1. The number of nitrogens with one attached hydrogen (secondary N) is 4. The smallest absolute Gasteiger partial charge is 0.408 e. The van der Waals surface area contributed by atoms with Crippen LogP contribution in [-0.4, -0.2) is 54.4 Å². The molecule has 48 heavy (non-hydrogen) atoms. The Hall–Kier alpha value is -5.40. The molecule has 0 saturated heterocycles. The van der Waals surface area contributed by atoms with Gasteiger partial charge in [0.05, 0.1) is 0 Å². The third-order valence-electron chi connectivity index (χ3n) is 7.48. The summed E-state index contributed by atoms with van der Waals surface area (Å²) < 4.78 is 10.6. The minimum absolute atomic E-state index is 0.0239. The Labute approximate surface area is 279 Å². The van der Waals surface area contributed by atoms with E-state index in [0.29, 0.717) is 23.1 Å². The predicted octanol–water partition coefficient (Wildman–Crippen LogP) is 2.67. The Bertz CT molecular complexity index is 1670. The number of fused-ring (bicyclic) bond motifs is 1. The van der Waals surface area contributed by atoms with Crippen LogP contribution in [0.3, 0.4) is 0 Å². The molecular weight excluding hydrogens is 618 g/mol. The lowest BCUT2D eigenvalue weighted by Gasteiger charge is -2.28. The minimum atomic E-state index is -1.05. The summed E-state index contributed by atoms with van der Waals surface area (Å²) in [6.45, 7) is 9.01. The second-order valence-electron chi connectivity index (χ2n) is 12.1. The number of rotatable bonds is 15. The number of nitrogens with zero attached hydrogens (tertiary/aromatic N) is 1. The largest absolute Gasteiger partial charge is 0.445 e. The van der Waals surface area contributed by atoms with Gasteiger partial charge in [-0.2, -0.15) is 0 Å². The lowest BCUT2D eigenvalue weighted by Crippen LogP contribution is -2.58. The molecule has 0 radical (unpaired) electrons. The van der Waals surface area contributed by atoms with Crippen LogP contribution in [0.4, 0.5) is 10.5 Å². The fourth-order valence-electron chi connectivity index (χ4n) is 4.87. The Morgan fingerprint density at radius 2 is 1.50 bits per heavy atom. The first-order valence-electron chi connectivity index (χ1n) is 15.7. The van der Waals surface area contributed by atoms with Gasteiger partial charge in [0.1, 0.15) is 30.3 Å². The second-order valence-corrected chi connectivity index (χ2v) is 12.1. The van der Waals surface area contributed by atoms with Crippen molar-refractivity contribution in [1.29, 1.82) is 0 Å². The maximum Gasteiger partial charge on any atom is 0.408 e. The number of ether oxygens (including phenoxy) is 1. The third-order valence-corrected chi connectivity index (χ3v) is 7.48. The summed E-state index contributed by atoms with van der Waals surface area (Å²) in [5.74, 6) is -2.56. The van der Waals surface area contributed by atoms with E-state index in [1.807, 2.05) is 30.3 Å². The molecule has 0 fully saturated rings. The Morgan fingerprint density at radius 3 is 2.15 bits per heavy atom. The van der Waals surface area contributed by atoms with Gasteiger partial charge in [-0.15, -0.1) is 0 Å². The number of carbonyl (C=O) groups excluding carboxylic acids is 4. The van der Waals surface area contributed by atoms with Crippen molar-refractivity contribution in [2.45, 2.75) is 72.2 Å². The molecule has 0 aliphatic heterocycles. The summed E-state index contributed by atoms with van der Waals surface area (Å²) in [5.41, 5.74) is 12.5. The van der Waals surface area contributed by atoms with E-state index < -0.39 is 47.6 Å². The molecule has 3 aromatic rings. The highest BCUT2D eigenvalue weighted by molar-refractivity contribution is 6.00. The Morgan fingerprint density at radius 1 is 0.854 bits per heavy atom. The number of hydrogen-bond donors (Lipinski definition) is 6. The van der Waals surface area contributed by atoms with Crippen molar-refractivity contribution in [1.82, 2.24) is 16.0 Å². The van der Waals surface area contributed by atoms with Crippen LogP contribution in [0.5, 0.6) is 0 Å². The number of anilines is 1.